The third-order valence-electron chi connectivity index (χ3n) is 3.80. The molecule has 0 amide bonds. The van der Waals surface area contributed by atoms with Gasteiger partial charge >= 0.3 is 6.18 Å². The van der Waals surface area contributed by atoms with Crippen molar-refractivity contribution in [3.05, 3.63) is 53.7 Å². The minimum Gasteiger partial charge on any atom is -0.494 e. The Kier molecular flexibility index (Phi) is 5.41. The van der Waals surface area contributed by atoms with Crippen molar-refractivity contribution >= 4 is 23.2 Å². The van der Waals surface area contributed by atoms with Gasteiger partial charge in [-0.3, -0.25) is 9.20 Å². The molecule has 0 aliphatic carbocycles. The number of benzene rings is 1. The van der Waals surface area contributed by atoms with E-state index >= 15 is 0 Å². The summed E-state index contributed by atoms with van der Waals surface area (Å²) in [5, 5.41) is 7.44. The number of ether oxygens (including phenoxy) is 1. The molecule has 0 fully saturated rings. The topological polar surface area (TPSA) is 56.5 Å². The van der Waals surface area contributed by atoms with Crippen LogP contribution in [-0.2, 0) is 6.18 Å². The van der Waals surface area contributed by atoms with Crippen LogP contribution in [0.25, 0.3) is 5.65 Å². The van der Waals surface area contributed by atoms with Crippen molar-refractivity contribution in [3.63, 3.8) is 0 Å². The number of ketones is 1. The highest BCUT2D eigenvalue weighted by Crippen LogP contribution is 2.31. The van der Waals surface area contributed by atoms with E-state index in [4.69, 9.17) is 4.74 Å². The molecule has 5 nitrogen and oxygen atoms in total. The number of pyridine rings is 1. The highest BCUT2D eigenvalue weighted by Gasteiger charge is 2.31. The van der Waals surface area contributed by atoms with Crippen LogP contribution in [-0.4, -0.2) is 32.2 Å². The zero-order valence-electron chi connectivity index (χ0n) is 14.5. The van der Waals surface area contributed by atoms with E-state index in [2.05, 4.69) is 10.2 Å². The number of carbonyl (C=O) groups is 1. The SMILES string of the molecule is CCOc1ccc(C(=O)[C@@H](C)Sc2nnc3ccc(C(F)(F)F)cn23)cc1. The van der Waals surface area contributed by atoms with Crippen LogP contribution in [0.4, 0.5) is 13.2 Å². The standard InChI is InChI=1S/C18H16F3N3O2S/c1-3-26-14-7-4-12(5-8-14)16(25)11(2)27-17-23-22-15-9-6-13(10-24(15)17)18(19,20)21/h4-11H,3H2,1-2H3/t11-/m1/s1. The third-order valence-corrected chi connectivity index (χ3v) is 4.86. The maximum absolute atomic E-state index is 12.9. The van der Waals surface area contributed by atoms with Crippen molar-refractivity contribution in [2.45, 2.75) is 30.4 Å². The number of carbonyl (C=O) groups excluding carboxylic acids is 1. The summed E-state index contributed by atoms with van der Waals surface area (Å²) < 4.78 is 45.4. The van der Waals surface area contributed by atoms with E-state index in [9.17, 15) is 18.0 Å². The molecule has 2 aromatic heterocycles. The lowest BCUT2D eigenvalue weighted by Gasteiger charge is -2.11. The van der Waals surface area contributed by atoms with Gasteiger partial charge in [-0.05, 0) is 50.2 Å². The number of alkyl halides is 3. The normalized spacial score (nSPS) is 12.9. The molecule has 0 saturated carbocycles. The lowest BCUT2D eigenvalue weighted by Crippen LogP contribution is -2.14. The molecular formula is C18H16F3N3O2S. The van der Waals surface area contributed by atoms with Crippen molar-refractivity contribution in [2.24, 2.45) is 0 Å². The Morgan fingerprint density at radius 1 is 1.19 bits per heavy atom. The molecule has 0 saturated heterocycles. The van der Waals surface area contributed by atoms with E-state index < -0.39 is 17.0 Å². The summed E-state index contributed by atoms with van der Waals surface area (Å²) in [6.45, 7) is 4.07. The third kappa shape index (κ3) is 4.24. The van der Waals surface area contributed by atoms with Crippen molar-refractivity contribution in [1.82, 2.24) is 14.6 Å². The molecule has 2 heterocycles. The second-order valence-electron chi connectivity index (χ2n) is 5.71. The van der Waals surface area contributed by atoms with Gasteiger partial charge in [0.1, 0.15) is 5.75 Å². The van der Waals surface area contributed by atoms with Crippen LogP contribution in [0.5, 0.6) is 5.75 Å². The average molecular weight is 395 g/mol. The predicted molar refractivity (Wildman–Crippen MR) is 95.2 cm³/mol. The van der Waals surface area contributed by atoms with Gasteiger partial charge in [0, 0.05) is 11.8 Å². The molecule has 0 spiro atoms. The second-order valence-corrected chi connectivity index (χ2v) is 7.02. The Hall–Kier alpha value is -2.55. The van der Waals surface area contributed by atoms with E-state index in [1.54, 1.807) is 31.2 Å². The first-order valence-corrected chi connectivity index (χ1v) is 9.03. The molecular weight excluding hydrogens is 379 g/mol. The summed E-state index contributed by atoms with van der Waals surface area (Å²) in [4.78, 5) is 12.6. The summed E-state index contributed by atoms with van der Waals surface area (Å²) in [6.07, 6.45) is -3.53. The van der Waals surface area contributed by atoms with Gasteiger partial charge in [0.2, 0.25) is 0 Å². The van der Waals surface area contributed by atoms with Crippen LogP contribution in [0.2, 0.25) is 0 Å². The molecule has 0 aliphatic rings. The number of thioether (sulfide) groups is 1. The van der Waals surface area contributed by atoms with E-state index in [1.807, 2.05) is 6.92 Å². The van der Waals surface area contributed by atoms with Crippen LogP contribution >= 0.6 is 11.8 Å². The maximum Gasteiger partial charge on any atom is 0.417 e. The van der Waals surface area contributed by atoms with Crippen molar-refractivity contribution in [3.8, 4) is 5.75 Å². The smallest absolute Gasteiger partial charge is 0.417 e. The number of halogens is 3. The first-order valence-electron chi connectivity index (χ1n) is 8.15. The Balaban J connectivity index is 1.80. The lowest BCUT2D eigenvalue weighted by atomic mass is 10.1. The summed E-state index contributed by atoms with van der Waals surface area (Å²) >= 11 is 1.06. The molecule has 1 aromatic carbocycles. The molecule has 27 heavy (non-hydrogen) atoms. The molecule has 0 bridgehead atoms. The zero-order chi connectivity index (χ0) is 19.6. The molecule has 0 radical (unpaired) electrons. The molecule has 9 heteroatoms. The molecule has 3 aromatic rings. The van der Waals surface area contributed by atoms with E-state index in [1.165, 1.54) is 10.5 Å². The van der Waals surface area contributed by atoms with Gasteiger partial charge in [0.15, 0.2) is 16.6 Å². The minimum absolute atomic E-state index is 0.160. The Morgan fingerprint density at radius 3 is 2.52 bits per heavy atom. The van der Waals surface area contributed by atoms with Crippen molar-refractivity contribution < 1.29 is 22.7 Å². The number of fused-ring (bicyclic) bond motifs is 1. The van der Waals surface area contributed by atoms with E-state index in [-0.39, 0.29) is 16.6 Å². The molecule has 0 aliphatic heterocycles. The lowest BCUT2D eigenvalue weighted by molar-refractivity contribution is -0.137. The number of Topliss-reactive ketones (excluding diaryl/α,β-unsaturated/α-hetero) is 1. The summed E-state index contributed by atoms with van der Waals surface area (Å²) in [7, 11) is 0. The number of hydrogen-bond acceptors (Lipinski definition) is 5. The van der Waals surface area contributed by atoms with Gasteiger partial charge < -0.3 is 4.74 Å². The number of hydrogen-bond donors (Lipinski definition) is 0. The van der Waals surface area contributed by atoms with Gasteiger partial charge in [-0.15, -0.1) is 10.2 Å². The van der Waals surface area contributed by atoms with Gasteiger partial charge in [-0.1, -0.05) is 11.8 Å². The highest BCUT2D eigenvalue weighted by molar-refractivity contribution is 8.00. The average Bonchev–Trinajstić information content (AvgIpc) is 3.03. The van der Waals surface area contributed by atoms with Crippen LogP contribution in [0.1, 0.15) is 29.8 Å². The first-order chi connectivity index (χ1) is 12.8. The molecule has 3 rings (SSSR count). The van der Waals surface area contributed by atoms with Crippen molar-refractivity contribution in [2.75, 3.05) is 6.61 Å². The summed E-state index contributed by atoms with van der Waals surface area (Å²) in [6, 6.07) is 8.93. The van der Waals surface area contributed by atoms with Crippen LogP contribution in [0.3, 0.4) is 0 Å². The Labute approximate surface area is 157 Å². The van der Waals surface area contributed by atoms with Crippen LogP contribution in [0, 0.1) is 0 Å². The predicted octanol–water partition coefficient (Wildman–Crippen LogP) is 4.51. The van der Waals surface area contributed by atoms with Gasteiger partial charge in [-0.25, -0.2) is 0 Å². The van der Waals surface area contributed by atoms with Crippen LogP contribution in [0.15, 0.2) is 47.8 Å². The second kappa shape index (κ2) is 7.59. The molecule has 0 unspecified atom stereocenters. The fraction of sp³-hybridized carbons (Fsp3) is 0.278. The molecule has 1 atom stereocenters. The number of aromatic nitrogens is 3. The number of rotatable bonds is 6. The first kappa shape index (κ1) is 19.2. The zero-order valence-corrected chi connectivity index (χ0v) is 15.3. The fourth-order valence-corrected chi connectivity index (χ4v) is 3.35. The van der Waals surface area contributed by atoms with E-state index in [0.29, 0.717) is 17.9 Å². The monoisotopic (exact) mass is 395 g/mol. The summed E-state index contributed by atoms with van der Waals surface area (Å²) in [5.74, 6) is 0.504. The minimum atomic E-state index is -4.47. The van der Waals surface area contributed by atoms with Gasteiger partial charge in [0.25, 0.3) is 0 Å². The Morgan fingerprint density at radius 2 is 1.89 bits per heavy atom. The summed E-state index contributed by atoms with van der Waals surface area (Å²) in [5.41, 5.74) is -0.0309. The maximum atomic E-state index is 12.9. The highest BCUT2D eigenvalue weighted by atomic mass is 32.2. The number of nitrogens with zero attached hydrogens (tertiary/aromatic N) is 3. The largest absolute Gasteiger partial charge is 0.494 e. The van der Waals surface area contributed by atoms with Crippen molar-refractivity contribution in [1.29, 1.82) is 0 Å². The quantitative estimate of drug-likeness (QED) is 0.454. The fourth-order valence-electron chi connectivity index (χ4n) is 2.45. The molecule has 142 valence electrons. The van der Waals surface area contributed by atoms with Gasteiger partial charge in [-0.2, -0.15) is 13.2 Å². The van der Waals surface area contributed by atoms with Gasteiger partial charge in [0.05, 0.1) is 17.4 Å². The van der Waals surface area contributed by atoms with E-state index in [0.717, 1.165) is 24.0 Å². The Bertz CT molecular complexity index is 955. The van der Waals surface area contributed by atoms with Crippen LogP contribution < -0.4 is 4.74 Å². The molecule has 0 N–H and O–H groups in total.